The van der Waals surface area contributed by atoms with Crippen molar-refractivity contribution in [1.82, 2.24) is 0 Å². The van der Waals surface area contributed by atoms with Gasteiger partial charge in [0.1, 0.15) is 0 Å². The van der Waals surface area contributed by atoms with Crippen molar-refractivity contribution >= 4 is 0 Å². The van der Waals surface area contributed by atoms with Crippen LogP contribution in [0.3, 0.4) is 0 Å². The Bertz CT molecular complexity index is 413. The summed E-state index contributed by atoms with van der Waals surface area (Å²) < 4.78 is 210. The van der Waals surface area contributed by atoms with Gasteiger partial charge in [-0.1, -0.05) is 0 Å². The first-order valence-electron chi connectivity index (χ1n) is 5.08. The maximum Gasteiger partial charge on any atom is 0.418 e. The van der Waals surface area contributed by atoms with Crippen LogP contribution < -0.4 is 0 Å². The maximum absolute atomic E-state index is 13.3. The van der Waals surface area contributed by atoms with Gasteiger partial charge in [-0.25, -0.2) is 8.78 Å². The molecule has 25 heavy (non-hydrogen) atoms. The van der Waals surface area contributed by atoms with Crippen molar-refractivity contribution in [3.63, 3.8) is 0 Å². The van der Waals surface area contributed by atoms with Gasteiger partial charge in [0, 0.05) is 0 Å². The second kappa shape index (κ2) is 5.65. The van der Waals surface area contributed by atoms with E-state index in [4.69, 9.17) is 0 Å². The highest BCUT2D eigenvalue weighted by atomic mass is 19.4. The van der Waals surface area contributed by atoms with E-state index in [0.29, 0.717) is 0 Å². The standard InChI is InChI=1S/C8HF17/c9-2(10,1(3(11,12)13)4(14,15)16)5(6(17,18)19,7(20,21)22)8(23,24)25/h1H. The predicted molar refractivity (Wildman–Crippen MR) is 41.1 cm³/mol. The molecule has 0 fully saturated rings. The van der Waals surface area contributed by atoms with Crippen LogP contribution in [0.2, 0.25) is 0 Å². The summed E-state index contributed by atoms with van der Waals surface area (Å²) >= 11 is 0. The first-order chi connectivity index (χ1) is 10.4. The number of hydrogen-bond donors (Lipinski definition) is 0. The lowest BCUT2D eigenvalue weighted by Gasteiger charge is -2.46. The molecule has 0 N–H and O–H groups in total. The third-order valence-electron chi connectivity index (χ3n) is 2.79. The van der Waals surface area contributed by atoms with E-state index in [9.17, 15) is 74.6 Å². The quantitative estimate of drug-likeness (QED) is 0.479. The van der Waals surface area contributed by atoms with Gasteiger partial charge in [-0.2, -0.15) is 65.9 Å². The lowest BCUT2D eigenvalue weighted by atomic mass is 9.72. The fourth-order valence-electron chi connectivity index (χ4n) is 1.86. The van der Waals surface area contributed by atoms with Gasteiger partial charge in [0.05, 0.1) is 0 Å². The maximum atomic E-state index is 13.3. The second-order valence-electron chi connectivity index (χ2n) is 4.38. The van der Waals surface area contributed by atoms with Gasteiger partial charge in [-0.15, -0.1) is 0 Å². The van der Waals surface area contributed by atoms with Crippen LogP contribution in [0.4, 0.5) is 74.6 Å². The Morgan fingerprint density at radius 3 is 0.680 bits per heavy atom. The number of alkyl halides is 17. The summed E-state index contributed by atoms with van der Waals surface area (Å²) in [7, 11) is 0. The van der Waals surface area contributed by atoms with Crippen LogP contribution in [-0.2, 0) is 0 Å². The molecule has 0 aliphatic heterocycles. The zero-order chi connectivity index (χ0) is 21.1. The smallest absolute Gasteiger partial charge is 0.204 e. The topological polar surface area (TPSA) is 0 Å². The Morgan fingerprint density at radius 2 is 0.560 bits per heavy atom. The molecule has 0 aromatic carbocycles. The van der Waals surface area contributed by atoms with Crippen molar-refractivity contribution in [1.29, 1.82) is 0 Å². The van der Waals surface area contributed by atoms with Gasteiger partial charge in [0.2, 0.25) is 5.92 Å². The molecule has 0 heterocycles. The molecule has 0 bridgehead atoms. The fraction of sp³-hybridized carbons (Fsp3) is 1.00. The second-order valence-corrected chi connectivity index (χ2v) is 4.38. The molecule has 0 rings (SSSR count). The molecule has 0 amide bonds. The highest BCUT2D eigenvalue weighted by Crippen LogP contribution is 2.70. The number of halogens is 17. The van der Waals surface area contributed by atoms with Gasteiger partial charge in [-0.05, 0) is 0 Å². The lowest BCUT2D eigenvalue weighted by molar-refractivity contribution is -0.500. The molecule has 0 aliphatic rings. The van der Waals surface area contributed by atoms with E-state index >= 15 is 0 Å². The summed E-state index contributed by atoms with van der Waals surface area (Å²) in [6.07, 6.45) is -40.2. The van der Waals surface area contributed by atoms with E-state index in [1.165, 1.54) is 0 Å². The minimum absolute atomic E-state index is 6.91. The van der Waals surface area contributed by atoms with Crippen molar-refractivity contribution in [2.75, 3.05) is 0 Å². The van der Waals surface area contributed by atoms with Crippen LogP contribution in [0.15, 0.2) is 0 Å². The molecule has 0 radical (unpaired) electrons. The Kier molecular flexibility index (Phi) is 5.38. The third kappa shape index (κ3) is 3.54. The average Bonchev–Trinajstić information content (AvgIpc) is 1.99. The largest absolute Gasteiger partial charge is 0.418 e. The van der Waals surface area contributed by atoms with Crippen LogP contribution in [0.25, 0.3) is 0 Å². The molecule has 0 unspecified atom stereocenters. The summed E-state index contributed by atoms with van der Waals surface area (Å²) in [5.74, 6) is -15.4. The molecule has 0 aromatic rings. The molecule has 0 nitrogen and oxygen atoms in total. The van der Waals surface area contributed by atoms with Crippen molar-refractivity contribution in [2.24, 2.45) is 11.3 Å². The van der Waals surface area contributed by atoms with E-state index in [2.05, 4.69) is 0 Å². The van der Waals surface area contributed by atoms with Crippen molar-refractivity contribution in [2.45, 2.75) is 36.8 Å². The number of hydrogen-bond acceptors (Lipinski definition) is 0. The summed E-state index contributed by atoms with van der Waals surface area (Å²) in [4.78, 5) is 0. The van der Waals surface area contributed by atoms with Crippen molar-refractivity contribution in [3.05, 3.63) is 0 Å². The van der Waals surface area contributed by atoms with Crippen LogP contribution in [-0.4, -0.2) is 36.8 Å². The first-order valence-corrected chi connectivity index (χ1v) is 5.08. The van der Waals surface area contributed by atoms with E-state index in [1.807, 2.05) is 0 Å². The first kappa shape index (κ1) is 23.8. The third-order valence-corrected chi connectivity index (χ3v) is 2.79. The molecule has 0 spiro atoms. The van der Waals surface area contributed by atoms with E-state index in [0.717, 1.165) is 0 Å². The van der Waals surface area contributed by atoms with Crippen LogP contribution in [0.1, 0.15) is 0 Å². The monoisotopic (exact) mass is 420 g/mol. The Hall–Kier alpha value is -1.19. The molecule has 17 heteroatoms. The molecular weight excluding hydrogens is 419 g/mol. The molecule has 0 aromatic heterocycles. The van der Waals surface area contributed by atoms with Crippen LogP contribution in [0.5, 0.6) is 0 Å². The van der Waals surface area contributed by atoms with E-state index < -0.39 is 48.1 Å². The lowest BCUT2D eigenvalue weighted by Crippen LogP contribution is -2.73. The summed E-state index contributed by atoms with van der Waals surface area (Å²) in [6, 6.07) is 0. The zero-order valence-electron chi connectivity index (χ0n) is 10.5. The molecular formula is C8HF17. The Morgan fingerprint density at radius 1 is 0.360 bits per heavy atom. The Labute approximate surface area is 124 Å². The zero-order valence-corrected chi connectivity index (χ0v) is 10.5. The highest BCUT2D eigenvalue weighted by Gasteiger charge is 2.97. The van der Waals surface area contributed by atoms with Gasteiger partial charge in [0.15, 0.2) is 0 Å². The molecule has 0 saturated carbocycles. The molecule has 0 aliphatic carbocycles. The average molecular weight is 420 g/mol. The van der Waals surface area contributed by atoms with Gasteiger partial charge >= 0.3 is 42.2 Å². The minimum atomic E-state index is -8.63. The van der Waals surface area contributed by atoms with Crippen LogP contribution >= 0.6 is 0 Å². The SMILES string of the molecule is FC(F)(F)C(C(F)(F)F)C(F)(F)C(C(F)(F)F)(C(F)(F)F)C(F)(F)F. The summed E-state index contributed by atoms with van der Waals surface area (Å²) in [5.41, 5.74) is -8.63. The highest BCUT2D eigenvalue weighted by molar-refractivity contribution is 5.12. The van der Waals surface area contributed by atoms with Gasteiger partial charge in [0.25, 0.3) is 0 Å². The van der Waals surface area contributed by atoms with Gasteiger partial charge < -0.3 is 0 Å². The van der Waals surface area contributed by atoms with Gasteiger partial charge in [-0.3, -0.25) is 0 Å². The summed E-state index contributed by atoms with van der Waals surface area (Å²) in [5, 5.41) is 0. The summed E-state index contributed by atoms with van der Waals surface area (Å²) in [6.45, 7) is 0. The number of rotatable bonds is 2. The Balaban J connectivity index is 7.28. The van der Waals surface area contributed by atoms with E-state index in [1.54, 1.807) is 0 Å². The normalized spacial score (nSPS) is 16.6. The molecule has 0 atom stereocenters. The van der Waals surface area contributed by atoms with E-state index in [-0.39, 0.29) is 0 Å². The predicted octanol–water partition coefficient (Wildman–Crippen LogP) is 6.04. The molecule has 0 saturated heterocycles. The minimum Gasteiger partial charge on any atom is -0.204 e. The molecule has 152 valence electrons. The van der Waals surface area contributed by atoms with Crippen molar-refractivity contribution in [3.8, 4) is 0 Å². The van der Waals surface area contributed by atoms with Crippen LogP contribution in [0, 0.1) is 11.3 Å². The van der Waals surface area contributed by atoms with Crippen molar-refractivity contribution < 1.29 is 74.6 Å². The fourth-order valence-corrected chi connectivity index (χ4v) is 1.86.